The largest absolute Gasteiger partial charge is 0.469 e. The predicted molar refractivity (Wildman–Crippen MR) is 88.3 cm³/mol. The Labute approximate surface area is 142 Å². The van der Waals surface area contributed by atoms with Crippen LogP contribution in [0, 0.1) is 5.92 Å². The molecule has 6 nitrogen and oxygen atoms in total. The summed E-state index contributed by atoms with van der Waals surface area (Å²) in [7, 11) is 1.41. The number of carbonyl (C=O) groups is 2. The Morgan fingerprint density at radius 3 is 2.62 bits per heavy atom. The number of benzene rings is 1. The van der Waals surface area contributed by atoms with E-state index in [0.29, 0.717) is 19.0 Å². The third kappa shape index (κ3) is 4.47. The second kappa shape index (κ2) is 7.66. The second-order valence-corrected chi connectivity index (χ2v) is 6.54. The van der Waals surface area contributed by atoms with Gasteiger partial charge in [0.15, 0.2) is 0 Å². The summed E-state index contributed by atoms with van der Waals surface area (Å²) >= 11 is 0. The number of alkyl carbamates (subject to hydrolysis) is 1. The Kier molecular flexibility index (Phi) is 5.35. The summed E-state index contributed by atoms with van der Waals surface area (Å²) in [6.45, 7) is 1.72. The van der Waals surface area contributed by atoms with E-state index in [9.17, 15) is 9.59 Å². The summed E-state index contributed by atoms with van der Waals surface area (Å²) in [5.74, 6) is -0.395. The maximum Gasteiger partial charge on any atom is 0.407 e. The van der Waals surface area contributed by atoms with E-state index in [0.717, 1.165) is 12.1 Å². The van der Waals surface area contributed by atoms with Crippen molar-refractivity contribution in [3.05, 3.63) is 35.9 Å². The van der Waals surface area contributed by atoms with E-state index in [1.54, 1.807) is 0 Å². The Hall–Kier alpha value is -2.08. The van der Waals surface area contributed by atoms with Crippen LogP contribution in [-0.2, 0) is 20.9 Å². The minimum absolute atomic E-state index is 0.0910. The fourth-order valence-corrected chi connectivity index (χ4v) is 3.24. The third-order valence-electron chi connectivity index (χ3n) is 4.61. The highest BCUT2D eigenvalue weighted by Gasteiger charge is 2.39. The molecule has 1 saturated heterocycles. The summed E-state index contributed by atoms with van der Waals surface area (Å²) < 4.78 is 10.2. The highest BCUT2D eigenvalue weighted by atomic mass is 16.5. The number of likely N-dealkylation sites (tertiary alicyclic amines) is 1. The van der Waals surface area contributed by atoms with Crippen molar-refractivity contribution in [2.45, 2.75) is 38.0 Å². The second-order valence-electron chi connectivity index (χ2n) is 6.54. The van der Waals surface area contributed by atoms with Gasteiger partial charge in [0.2, 0.25) is 0 Å². The first-order chi connectivity index (χ1) is 11.7. The molecule has 1 aliphatic heterocycles. The molecule has 130 valence electrons. The lowest BCUT2D eigenvalue weighted by molar-refractivity contribution is -0.147. The maximum absolute atomic E-state index is 12.1. The molecule has 2 unspecified atom stereocenters. The number of nitrogens with one attached hydrogen (secondary N) is 1. The topological polar surface area (TPSA) is 67.9 Å². The zero-order valence-corrected chi connectivity index (χ0v) is 13.9. The van der Waals surface area contributed by atoms with E-state index in [1.165, 1.54) is 20.0 Å². The molecule has 1 aliphatic carbocycles. The lowest BCUT2D eigenvalue weighted by Gasteiger charge is -2.36. The number of piperidine rings is 1. The normalized spacial score (nSPS) is 24.2. The highest BCUT2D eigenvalue weighted by molar-refractivity contribution is 5.73. The van der Waals surface area contributed by atoms with E-state index in [-0.39, 0.29) is 24.5 Å². The van der Waals surface area contributed by atoms with Crippen molar-refractivity contribution in [1.82, 2.24) is 10.2 Å². The number of hydrogen-bond acceptors (Lipinski definition) is 5. The molecular weight excluding hydrogens is 308 g/mol. The molecule has 2 aliphatic rings. The highest BCUT2D eigenvalue weighted by Crippen LogP contribution is 2.31. The molecule has 0 aromatic heterocycles. The van der Waals surface area contributed by atoms with Crippen molar-refractivity contribution in [3.8, 4) is 0 Å². The fraction of sp³-hybridized carbons (Fsp3) is 0.556. The molecule has 1 saturated carbocycles. The van der Waals surface area contributed by atoms with Crippen LogP contribution in [0.2, 0.25) is 0 Å². The van der Waals surface area contributed by atoms with Gasteiger partial charge in [-0.15, -0.1) is 0 Å². The van der Waals surface area contributed by atoms with Gasteiger partial charge < -0.3 is 14.8 Å². The predicted octanol–water partition coefficient (Wildman–Crippen LogP) is 1.94. The zero-order valence-electron chi connectivity index (χ0n) is 13.9. The van der Waals surface area contributed by atoms with Crippen LogP contribution in [0.1, 0.15) is 24.8 Å². The fourth-order valence-electron chi connectivity index (χ4n) is 3.24. The van der Waals surface area contributed by atoms with E-state index >= 15 is 0 Å². The zero-order chi connectivity index (χ0) is 16.9. The van der Waals surface area contributed by atoms with Crippen molar-refractivity contribution < 1.29 is 19.1 Å². The lowest BCUT2D eigenvalue weighted by Crippen LogP contribution is -2.53. The van der Waals surface area contributed by atoms with Gasteiger partial charge >= 0.3 is 12.1 Å². The molecule has 1 aromatic rings. The van der Waals surface area contributed by atoms with E-state index in [4.69, 9.17) is 9.47 Å². The molecule has 1 aromatic carbocycles. The lowest BCUT2D eigenvalue weighted by atomic mass is 9.94. The van der Waals surface area contributed by atoms with Crippen LogP contribution in [0.25, 0.3) is 0 Å². The van der Waals surface area contributed by atoms with Crippen molar-refractivity contribution >= 4 is 12.1 Å². The van der Waals surface area contributed by atoms with Crippen LogP contribution < -0.4 is 5.32 Å². The SMILES string of the molecule is COC(=O)C1CC(NC(=O)OCc2ccccc2)CN(C2CC2)C1. The molecule has 1 amide bonds. The van der Waals surface area contributed by atoms with E-state index < -0.39 is 6.09 Å². The van der Waals surface area contributed by atoms with Gasteiger partial charge in [-0.2, -0.15) is 0 Å². The van der Waals surface area contributed by atoms with Crippen molar-refractivity contribution in [3.63, 3.8) is 0 Å². The quantitative estimate of drug-likeness (QED) is 0.835. The first-order valence-electron chi connectivity index (χ1n) is 8.45. The van der Waals surface area contributed by atoms with Crippen LogP contribution in [0.15, 0.2) is 30.3 Å². The molecule has 1 heterocycles. The molecule has 3 rings (SSSR count). The number of rotatable bonds is 5. The number of carbonyl (C=O) groups excluding carboxylic acids is 2. The molecule has 24 heavy (non-hydrogen) atoms. The van der Waals surface area contributed by atoms with Crippen molar-refractivity contribution in [2.24, 2.45) is 5.92 Å². The van der Waals surface area contributed by atoms with Gasteiger partial charge in [-0.1, -0.05) is 30.3 Å². The number of ether oxygens (including phenoxy) is 2. The Balaban J connectivity index is 1.52. The van der Waals surface area contributed by atoms with Gasteiger partial charge in [0.25, 0.3) is 0 Å². The smallest absolute Gasteiger partial charge is 0.407 e. The standard InChI is InChI=1S/C18H24N2O4/c1-23-17(21)14-9-15(11-20(10-14)16-7-8-16)19-18(22)24-12-13-5-3-2-4-6-13/h2-6,14-16H,7-12H2,1H3,(H,19,22). The molecule has 0 radical (unpaired) electrons. The number of esters is 1. The Morgan fingerprint density at radius 1 is 1.21 bits per heavy atom. The van der Waals surface area contributed by atoms with Crippen LogP contribution >= 0.6 is 0 Å². The summed E-state index contributed by atoms with van der Waals surface area (Å²) in [5, 5.41) is 2.90. The van der Waals surface area contributed by atoms with Gasteiger partial charge in [0, 0.05) is 25.2 Å². The van der Waals surface area contributed by atoms with Crippen LogP contribution in [0.5, 0.6) is 0 Å². The van der Waals surface area contributed by atoms with Gasteiger partial charge in [-0.05, 0) is 24.8 Å². The first kappa shape index (κ1) is 16.8. The number of amides is 1. The molecule has 1 N–H and O–H groups in total. The van der Waals surface area contributed by atoms with E-state index in [1.807, 2.05) is 30.3 Å². The van der Waals surface area contributed by atoms with Gasteiger partial charge in [-0.25, -0.2) is 4.79 Å². The van der Waals surface area contributed by atoms with Crippen molar-refractivity contribution in [1.29, 1.82) is 0 Å². The summed E-state index contributed by atoms with van der Waals surface area (Å²) in [5.41, 5.74) is 0.948. The minimum Gasteiger partial charge on any atom is -0.469 e. The summed E-state index contributed by atoms with van der Waals surface area (Å²) in [4.78, 5) is 26.2. The molecular formula is C18H24N2O4. The molecule has 0 bridgehead atoms. The average Bonchev–Trinajstić information content (AvgIpc) is 3.45. The van der Waals surface area contributed by atoms with Gasteiger partial charge in [-0.3, -0.25) is 9.69 Å². The number of methoxy groups -OCH3 is 1. The van der Waals surface area contributed by atoms with Gasteiger partial charge in [0.05, 0.1) is 13.0 Å². The molecule has 0 spiro atoms. The van der Waals surface area contributed by atoms with E-state index in [2.05, 4.69) is 10.2 Å². The summed E-state index contributed by atoms with van der Waals surface area (Å²) in [6.07, 6.45) is 2.49. The molecule has 2 fully saturated rings. The van der Waals surface area contributed by atoms with Gasteiger partial charge in [0.1, 0.15) is 6.61 Å². The monoisotopic (exact) mass is 332 g/mol. The number of hydrogen-bond donors (Lipinski definition) is 1. The Bertz CT molecular complexity index is 574. The molecule has 6 heteroatoms. The number of nitrogens with zero attached hydrogens (tertiary/aromatic N) is 1. The Morgan fingerprint density at radius 2 is 1.96 bits per heavy atom. The van der Waals surface area contributed by atoms with Crippen molar-refractivity contribution in [2.75, 3.05) is 20.2 Å². The first-order valence-corrected chi connectivity index (χ1v) is 8.45. The van der Waals surface area contributed by atoms with Crippen LogP contribution in [-0.4, -0.2) is 49.2 Å². The minimum atomic E-state index is -0.440. The van der Waals surface area contributed by atoms with Crippen LogP contribution in [0.3, 0.4) is 0 Å². The average molecular weight is 332 g/mol. The van der Waals surface area contributed by atoms with Crippen LogP contribution in [0.4, 0.5) is 4.79 Å². The summed E-state index contributed by atoms with van der Waals surface area (Å²) in [6, 6.07) is 10.0. The maximum atomic E-state index is 12.1. The third-order valence-corrected chi connectivity index (χ3v) is 4.61. The molecule has 2 atom stereocenters.